The maximum atomic E-state index is 12.7. The molecular weight excluding hydrogens is 466 g/mol. The summed E-state index contributed by atoms with van der Waals surface area (Å²) in [5, 5.41) is 2.34. The lowest BCUT2D eigenvalue weighted by molar-refractivity contribution is -0.125. The molecule has 1 atom stereocenters. The van der Waals surface area contributed by atoms with Crippen LogP contribution in [0.15, 0.2) is 53.4 Å². The highest BCUT2D eigenvalue weighted by Crippen LogP contribution is 2.34. The van der Waals surface area contributed by atoms with Gasteiger partial charge in [-0.25, -0.2) is 0 Å². The molecule has 34 heavy (non-hydrogen) atoms. The Labute approximate surface area is 200 Å². The Morgan fingerprint density at radius 2 is 1.88 bits per heavy atom. The molecule has 1 heterocycles. The number of thioether (sulfide) groups is 1. The summed E-state index contributed by atoms with van der Waals surface area (Å²) in [7, 11) is 1.31. The van der Waals surface area contributed by atoms with Crippen molar-refractivity contribution in [1.82, 2.24) is 10.2 Å². The van der Waals surface area contributed by atoms with E-state index in [1.165, 1.54) is 31.4 Å². The number of rotatable bonds is 10. The predicted octanol–water partition coefficient (Wildman–Crippen LogP) is 4.64. The van der Waals surface area contributed by atoms with Crippen molar-refractivity contribution in [3.63, 3.8) is 0 Å². The molecule has 0 bridgehead atoms. The van der Waals surface area contributed by atoms with E-state index in [1.807, 2.05) is 37.3 Å². The second-order valence-electron chi connectivity index (χ2n) is 7.28. The summed E-state index contributed by atoms with van der Waals surface area (Å²) in [6, 6.07) is 13.6. The highest BCUT2D eigenvalue weighted by molar-refractivity contribution is 8.18. The third-order valence-electron chi connectivity index (χ3n) is 5.14. The lowest BCUT2D eigenvalue weighted by Crippen LogP contribution is -2.38. The fourth-order valence-electron chi connectivity index (χ4n) is 3.48. The van der Waals surface area contributed by atoms with Gasteiger partial charge in [0.2, 0.25) is 5.91 Å². The van der Waals surface area contributed by atoms with Crippen LogP contribution in [0.5, 0.6) is 11.5 Å². The number of nitrogens with zero attached hydrogens (tertiary/aromatic N) is 1. The monoisotopic (exact) mass is 490 g/mol. The van der Waals surface area contributed by atoms with Crippen LogP contribution >= 0.6 is 11.8 Å². The molecule has 0 aromatic heterocycles. The Kier molecular flexibility index (Phi) is 8.64. The number of benzene rings is 2. The summed E-state index contributed by atoms with van der Waals surface area (Å²) < 4.78 is 34.4. The lowest BCUT2D eigenvalue weighted by atomic mass is 9.96. The molecule has 10 heteroatoms. The fraction of sp³-hybridized carbons (Fsp3) is 0.292. The summed E-state index contributed by atoms with van der Waals surface area (Å²) in [6.07, 6.45) is 2.09. The third kappa shape index (κ3) is 6.13. The molecule has 1 aliphatic heterocycles. The standard InChI is InChI=1S/C24H24F2N2O5S/c1-3-17(16-7-5-4-6-8-16)21(29)27-11-12-28-22(30)20(34-24(28)31)14-15-9-10-18(33-23(25)26)19(13-15)32-2/h4-10,13-14,17,23H,3,11-12H2,1-2H3,(H,27,29)/b20-14-. The molecule has 1 fully saturated rings. The van der Waals surface area contributed by atoms with Gasteiger partial charge in [0.15, 0.2) is 11.5 Å². The van der Waals surface area contributed by atoms with Crippen molar-refractivity contribution in [2.24, 2.45) is 0 Å². The van der Waals surface area contributed by atoms with Gasteiger partial charge in [-0.2, -0.15) is 8.78 Å². The van der Waals surface area contributed by atoms with Gasteiger partial charge in [-0.1, -0.05) is 43.3 Å². The van der Waals surface area contributed by atoms with Crippen molar-refractivity contribution in [3.05, 3.63) is 64.6 Å². The highest BCUT2D eigenvalue weighted by atomic mass is 32.2. The summed E-state index contributed by atoms with van der Waals surface area (Å²) in [5.74, 6) is -1.05. The summed E-state index contributed by atoms with van der Waals surface area (Å²) in [6.45, 7) is -0.929. The van der Waals surface area contributed by atoms with E-state index < -0.39 is 17.8 Å². The molecule has 0 spiro atoms. The Bertz CT molecular complexity index is 1080. The van der Waals surface area contributed by atoms with E-state index in [0.29, 0.717) is 12.0 Å². The summed E-state index contributed by atoms with van der Waals surface area (Å²) >= 11 is 0.765. The minimum Gasteiger partial charge on any atom is -0.493 e. The van der Waals surface area contributed by atoms with Crippen LogP contribution in [0.25, 0.3) is 6.08 Å². The number of carbonyl (C=O) groups is 3. The largest absolute Gasteiger partial charge is 0.493 e. The van der Waals surface area contributed by atoms with Crippen LogP contribution in [0.2, 0.25) is 0 Å². The second kappa shape index (κ2) is 11.6. The summed E-state index contributed by atoms with van der Waals surface area (Å²) in [4.78, 5) is 38.9. The first kappa shape index (κ1) is 25.2. The number of halogens is 2. The van der Waals surface area contributed by atoms with Gasteiger partial charge in [0.25, 0.3) is 11.1 Å². The fourth-order valence-corrected chi connectivity index (χ4v) is 4.35. The molecule has 3 rings (SSSR count). The van der Waals surface area contributed by atoms with Gasteiger partial charge < -0.3 is 14.8 Å². The van der Waals surface area contributed by atoms with Crippen LogP contribution < -0.4 is 14.8 Å². The number of imide groups is 1. The first-order valence-corrected chi connectivity index (χ1v) is 11.4. The van der Waals surface area contributed by atoms with E-state index in [1.54, 1.807) is 0 Å². The molecule has 7 nitrogen and oxygen atoms in total. The number of hydrogen-bond acceptors (Lipinski definition) is 6. The Hall–Kier alpha value is -3.40. The topological polar surface area (TPSA) is 84.9 Å². The molecule has 1 N–H and O–H groups in total. The van der Waals surface area contributed by atoms with Crippen LogP contribution in [0.1, 0.15) is 30.4 Å². The average Bonchev–Trinajstić information content (AvgIpc) is 3.08. The first-order valence-electron chi connectivity index (χ1n) is 10.5. The maximum Gasteiger partial charge on any atom is 0.387 e. The molecular formula is C24H24F2N2O5S. The van der Waals surface area contributed by atoms with Gasteiger partial charge in [0.05, 0.1) is 17.9 Å². The molecule has 1 aliphatic rings. The van der Waals surface area contributed by atoms with E-state index in [0.717, 1.165) is 22.2 Å². The van der Waals surface area contributed by atoms with E-state index in [9.17, 15) is 23.2 Å². The van der Waals surface area contributed by atoms with Crippen molar-refractivity contribution in [1.29, 1.82) is 0 Å². The highest BCUT2D eigenvalue weighted by Gasteiger charge is 2.35. The van der Waals surface area contributed by atoms with E-state index in [4.69, 9.17) is 4.74 Å². The van der Waals surface area contributed by atoms with E-state index in [2.05, 4.69) is 10.1 Å². The van der Waals surface area contributed by atoms with Gasteiger partial charge >= 0.3 is 6.61 Å². The van der Waals surface area contributed by atoms with Gasteiger partial charge in [-0.15, -0.1) is 0 Å². The minimum absolute atomic E-state index is 0.0312. The zero-order valence-corrected chi connectivity index (χ0v) is 19.4. The Morgan fingerprint density at radius 3 is 2.53 bits per heavy atom. The number of nitrogens with one attached hydrogen (secondary N) is 1. The molecule has 0 saturated carbocycles. The lowest BCUT2D eigenvalue weighted by Gasteiger charge is -2.17. The van der Waals surface area contributed by atoms with Crippen LogP contribution in [0.3, 0.4) is 0 Å². The molecule has 0 radical (unpaired) electrons. The van der Waals surface area contributed by atoms with Crippen LogP contribution in [0, 0.1) is 0 Å². The van der Waals surface area contributed by atoms with E-state index >= 15 is 0 Å². The number of ether oxygens (including phenoxy) is 2. The van der Waals surface area contributed by atoms with Crippen molar-refractivity contribution < 1.29 is 32.6 Å². The number of methoxy groups -OCH3 is 1. The Balaban J connectivity index is 1.62. The molecule has 3 amide bonds. The van der Waals surface area contributed by atoms with Crippen LogP contribution in [-0.2, 0) is 9.59 Å². The quantitative estimate of drug-likeness (QED) is 0.489. The second-order valence-corrected chi connectivity index (χ2v) is 8.28. The molecule has 2 aromatic rings. The van der Waals surface area contributed by atoms with Crippen LogP contribution in [0.4, 0.5) is 13.6 Å². The molecule has 2 aromatic carbocycles. The molecule has 180 valence electrons. The molecule has 0 aliphatic carbocycles. The normalized spacial score (nSPS) is 15.7. The maximum absolute atomic E-state index is 12.7. The van der Waals surface area contributed by atoms with Gasteiger partial charge in [-0.3, -0.25) is 19.3 Å². The van der Waals surface area contributed by atoms with E-state index in [-0.39, 0.29) is 41.3 Å². The number of hydrogen-bond donors (Lipinski definition) is 1. The van der Waals surface area contributed by atoms with Gasteiger partial charge in [0, 0.05) is 13.1 Å². The van der Waals surface area contributed by atoms with Gasteiger partial charge in [-0.05, 0) is 47.5 Å². The zero-order valence-electron chi connectivity index (χ0n) is 18.6. The molecule has 1 unspecified atom stereocenters. The number of alkyl halides is 2. The zero-order chi connectivity index (χ0) is 24.7. The van der Waals surface area contributed by atoms with Crippen molar-refractivity contribution >= 4 is 34.9 Å². The smallest absolute Gasteiger partial charge is 0.387 e. The first-order chi connectivity index (χ1) is 16.3. The van der Waals surface area contributed by atoms with Crippen molar-refractivity contribution in [3.8, 4) is 11.5 Å². The predicted molar refractivity (Wildman–Crippen MR) is 125 cm³/mol. The number of amides is 3. The van der Waals surface area contributed by atoms with Crippen LogP contribution in [-0.4, -0.2) is 48.8 Å². The third-order valence-corrected chi connectivity index (χ3v) is 6.04. The van der Waals surface area contributed by atoms with Crippen molar-refractivity contribution in [2.45, 2.75) is 25.9 Å². The SMILES string of the molecule is CCC(C(=O)NCCN1C(=O)S/C(=C\c2ccc(OC(F)F)c(OC)c2)C1=O)c1ccccc1. The summed E-state index contributed by atoms with van der Waals surface area (Å²) in [5.41, 5.74) is 1.38. The minimum atomic E-state index is -3.00. The Morgan fingerprint density at radius 1 is 1.15 bits per heavy atom. The number of carbonyl (C=O) groups excluding carboxylic acids is 3. The van der Waals surface area contributed by atoms with Gasteiger partial charge in [0.1, 0.15) is 0 Å². The van der Waals surface area contributed by atoms with Crippen molar-refractivity contribution in [2.75, 3.05) is 20.2 Å². The average molecular weight is 491 g/mol. The molecule has 1 saturated heterocycles.